The van der Waals surface area contributed by atoms with E-state index in [1.54, 1.807) is 25.6 Å². The Hall–Kier alpha value is -2.63. The molecule has 0 atom stereocenters. The van der Waals surface area contributed by atoms with Crippen LogP contribution >= 0.6 is 0 Å². The van der Waals surface area contributed by atoms with E-state index in [0.717, 1.165) is 16.7 Å². The first-order chi connectivity index (χ1) is 9.58. The van der Waals surface area contributed by atoms with Crippen molar-refractivity contribution in [2.75, 3.05) is 7.11 Å². The molecular formula is C14H16N4O2. The van der Waals surface area contributed by atoms with Crippen LogP contribution in [0.2, 0.25) is 0 Å². The van der Waals surface area contributed by atoms with Gasteiger partial charge in [-0.1, -0.05) is 5.16 Å². The highest BCUT2D eigenvalue weighted by molar-refractivity contribution is 5.97. The van der Waals surface area contributed by atoms with Crippen LogP contribution in [0.25, 0.3) is 11.1 Å². The summed E-state index contributed by atoms with van der Waals surface area (Å²) >= 11 is 0. The van der Waals surface area contributed by atoms with Gasteiger partial charge in [0, 0.05) is 23.5 Å². The first-order valence-electron chi connectivity index (χ1n) is 6.03. The van der Waals surface area contributed by atoms with Gasteiger partial charge in [0.05, 0.1) is 12.8 Å². The van der Waals surface area contributed by atoms with E-state index in [-0.39, 0.29) is 5.84 Å². The van der Waals surface area contributed by atoms with Crippen LogP contribution in [0.4, 0.5) is 0 Å². The van der Waals surface area contributed by atoms with Crippen molar-refractivity contribution in [3.8, 4) is 16.9 Å². The number of nitrogens with zero attached hydrogens (tertiary/aromatic N) is 3. The normalized spacial score (nSPS) is 11.4. The van der Waals surface area contributed by atoms with Crippen LogP contribution in [0.15, 0.2) is 29.7 Å². The van der Waals surface area contributed by atoms with Crippen LogP contribution in [0.5, 0.6) is 5.75 Å². The number of amidine groups is 1. The summed E-state index contributed by atoms with van der Waals surface area (Å²) in [6.07, 6.45) is 3.48. The Morgan fingerprint density at radius 2 is 2.10 bits per heavy atom. The van der Waals surface area contributed by atoms with Crippen LogP contribution < -0.4 is 10.5 Å². The molecule has 0 saturated carbocycles. The van der Waals surface area contributed by atoms with Gasteiger partial charge in [0.1, 0.15) is 11.4 Å². The second-order valence-electron chi connectivity index (χ2n) is 4.35. The lowest BCUT2D eigenvalue weighted by atomic mass is 10.0. The van der Waals surface area contributed by atoms with Gasteiger partial charge in [0.15, 0.2) is 5.84 Å². The lowest BCUT2D eigenvalue weighted by Crippen LogP contribution is -2.16. The Labute approximate surface area is 116 Å². The number of methoxy groups -OCH3 is 1. The molecule has 2 aromatic rings. The smallest absolute Gasteiger partial charge is 0.188 e. The summed E-state index contributed by atoms with van der Waals surface area (Å²) in [4.78, 5) is 8.40. The van der Waals surface area contributed by atoms with Crippen LogP contribution in [0.1, 0.15) is 17.0 Å². The standard InChI is InChI=1S/C14H16N4O2/c1-8-4-5-16-7-11(8)10-6-12(14(15)18-19)17-9(2)13(10)20-3/h4-7,19H,1-3H3,(H2,15,18). The van der Waals surface area contributed by atoms with Gasteiger partial charge in [-0.25, -0.2) is 4.98 Å². The fraction of sp³-hybridized carbons (Fsp3) is 0.214. The van der Waals surface area contributed by atoms with Gasteiger partial charge in [-0.2, -0.15) is 0 Å². The molecule has 2 aromatic heterocycles. The molecule has 6 nitrogen and oxygen atoms in total. The molecule has 0 fully saturated rings. The van der Waals surface area contributed by atoms with Crippen molar-refractivity contribution < 1.29 is 9.94 Å². The first-order valence-corrected chi connectivity index (χ1v) is 6.03. The van der Waals surface area contributed by atoms with Crippen LogP contribution in [-0.2, 0) is 0 Å². The molecule has 0 aliphatic rings. The summed E-state index contributed by atoms with van der Waals surface area (Å²) in [5.74, 6) is 0.606. The predicted octanol–water partition coefficient (Wildman–Crippen LogP) is 1.86. The fourth-order valence-electron chi connectivity index (χ4n) is 2.05. The highest BCUT2D eigenvalue weighted by Crippen LogP contribution is 2.34. The molecule has 0 spiro atoms. The number of aryl methyl sites for hydroxylation is 2. The fourth-order valence-corrected chi connectivity index (χ4v) is 2.05. The van der Waals surface area contributed by atoms with E-state index in [0.29, 0.717) is 17.1 Å². The molecule has 0 aliphatic heterocycles. The molecule has 0 bridgehead atoms. The number of rotatable bonds is 3. The zero-order valence-electron chi connectivity index (χ0n) is 11.6. The van der Waals surface area contributed by atoms with E-state index < -0.39 is 0 Å². The average Bonchev–Trinajstić information content (AvgIpc) is 2.46. The summed E-state index contributed by atoms with van der Waals surface area (Å²) in [5.41, 5.74) is 9.46. The van der Waals surface area contributed by atoms with Gasteiger partial charge >= 0.3 is 0 Å². The third-order valence-electron chi connectivity index (χ3n) is 3.05. The second-order valence-corrected chi connectivity index (χ2v) is 4.35. The maximum absolute atomic E-state index is 8.80. The van der Waals surface area contributed by atoms with Crippen LogP contribution in [0, 0.1) is 13.8 Å². The zero-order chi connectivity index (χ0) is 14.7. The maximum Gasteiger partial charge on any atom is 0.188 e. The predicted molar refractivity (Wildman–Crippen MR) is 76.0 cm³/mol. The Morgan fingerprint density at radius 1 is 1.35 bits per heavy atom. The number of aromatic nitrogens is 2. The molecule has 2 rings (SSSR count). The molecule has 3 N–H and O–H groups in total. The van der Waals surface area contributed by atoms with E-state index >= 15 is 0 Å². The average molecular weight is 272 g/mol. The summed E-state index contributed by atoms with van der Waals surface area (Å²) in [5, 5.41) is 11.8. The number of hydrogen-bond acceptors (Lipinski definition) is 5. The summed E-state index contributed by atoms with van der Waals surface area (Å²) in [6, 6.07) is 3.64. The summed E-state index contributed by atoms with van der Waals surface area (Å²) < 4.78 is 5.42. The SMILES string of the molecule is COc1c(-c2cnccc2C)cc(/C(N)=N/O)nc1C. The Morgan fingerprint density at radius 3 is 2.70 bits per heavy atom. The summed E-state index contributed by atoms with van der Waals surface area (Å²) in [7, 11) is 1.59. The molecule has 0 radical (unpaired) electrons. The molecule has 2 heterocycles. The highest BCUT2D eigenvalue weighted by atomic mass is 16.5. The maximum atomic E-state index is 8.80. The van der Waals surface area contributed by atoms with E-state index in [1.807, 2.05) is 19.9 Å². The monoisotopic (exact) mass is 272 g/mol. The van der Waals surface area contributed by atoms with Gasteiger partial charge in [-0.05, 0) is 31.5 Å². The quantitative estimate of drug-likeness (QED) is 0.385. The lowest BCUT2D eigenvalue weighted by molar-refractivity contribution is 0.318. The largest absolute Gasteiger partial charge is 0.494 e. The third-order valence-corrected chi connectivity index (χ3v) is 3.05. The second kappa shape index (κ2) is 5.56. The van der Waals surface area contributed by atoms with Crippen molar-refractivity contribution >= 4 is 5.84 Å². The van der Waals surface area contributed by atoms with Crippen molar-refractivity contribution in [3.05, 3.63) is 41.5 Å². The van der Waals surface area contributed by atoms with Gasteiger partial charge in [0.25, 0.3) is 0 Å². The number of ether oxygens (including phenoxy) is 1. The highest BCUT2D eigenvalue weighted by Gasteiger charge is 2.15. The number of nitrogens with two attached hydrogens (primary N) is 1. The molecule has 0 saturated heterocycles. The third kappa shape index (κ3) is 2.40. The Balaban J connectivity index is 2.73. The number of oxime groups is 1. The van der Waals surface area contributed by atoms with Crippen molar-refractivity contribution in [3.63, 3.8) is 0 Å². The molecule has 0 aliphatic carbocycles. The zero-order valence-corrected chi connectivity index (χ0v) is 11.6. The minimum atomic E-state index is -0.0430. The van der Waals surface area contributed by atoms with Gasteiger partial charge < -0.3 is 15.7 Å². The Kier molecular flexibility index (Phi) is 3.84. The van der Waals surface area contributed by atoms with Gasteiger partial charge in [-0.15, -0.1) is 0 Å². The summed E-state index contributed by atoms with van der Waals surface area (Å²) in [6.45, 7) is 3.79. The van der Waals surface area contributed by atoms with E-state index in [4.69, 9.17) is 15.7 Å². The molecule has 0 amide bonds. The van der Waals surface area contributed by atoms with E-state index in [2.05, 4.69) is 15.1 Å². The minimum Gasteiger partial charge on any atom is -0.494 e. The Bertz CT molecular complexity index is 668. The molecule has 20 heavy (non-hydrogen) atoms. The first kappa shape index (κ1) is 13.8. The number of hydrogen-bond donors (Lipinski definition) is 2. The topological polar surface area (TPSA) is 93.6 Å². The molecular weight excluding hydrogens is 256 g/mol. The van der Waals surface area contributed by atoms with Crippen LogP contribution in [0.3, 0.4) is 0 Å². The molecule has 6 heteroatoms. The number of pyridine rings is 2. The van der Waals surface area contributed by atoms with Crippen molar-refractivity contribution in [1.82, 2.24) is 9.97 Å². The van der Waals surface area contributed by atoms with Crippen LogP contribution in [-0.4, -0.2) is 28.1 Å². The van der Waals surface area contributed by atoms with Crippen molar-refractivity contribution in [2.24, 2.45) is 10.9 Å². The van der Waals surface area contributed by atoms with E-state index in [1.165, 1.54) is 0 Å². The van der Waals surface area contributed by atoms with Gasteiger partial charge in [-0.3, -0.25) is 4.98 Å². The van der Waals surface area contributed by atoms with Crippen molar-refractivity contribution in [2.45, 2.75) is 13.8 Å². The lowest BCUT2D eigenvalue weighted by Gasteiger charge is -2.14. The molecule has 104 valence electrons. The molecule has 0 aromatic carbocycles. The van der Waals surface area contributed by atoms with Crippen molar-refractivity contribution in [1.29, 1.82) is 0 Å². The molecule has 0 unspecified atom stereocenters. The van der Waals surface area contributed by atoms with E-state index in [9.17, 15) is 0 Å². The minimum absolute atomic E-state index is 0.0430. The van der Waals surface area contributed by atoms with Gasteiger partial charge in [0.2, 0.25) is 0 Å².